The second kappa shape index (κ2) is 5.56. The first-order valence-corrected chi connectivity index (χ1v) is 8.14. The van der Waals surface area contributed by atoms with Crippen molar-refractivity contribution in [2.75, 3.05) is 0 Å². The van der Waals surface area contributed by atoms with Crippen LogP contribution in [0.5, 0.6) is 0 Å². The molecule has 3 aromatic rings. The summed E-state index contributed by atoms with van der Waals surface area (Å²) in [7, 11) is 0. The van der Waals surface area contributed by atoms with Crippen LogP contribution in [0.25, 0.3) is 17.2 Å². The molecule has 122 valence electrons. The summed E-state index contributed by atoms with van der Waals surface area (Å²) in [6.07, 6.45) is 1.76. The molecule has 0 amide bonds. The van der Waals surface area contributed by atoms with Gasteiger partial charge >= 0.3 is 0 Å². The van der Waals surface area contributed by atoms with E-state index in [1.54, 1.807) is 6.33 Å². The van der Waals surface area contributed by atoms with Crippen LogP contribution in [-0.2, 0) is 6.54 Å². The van der Waals surface area contributed by atoms with Crippen LogP contribution >= 0.6 is 11.6 Å². The standard InChI is InChI=1S/C17H16ClN5O/c1-9(2)17-21-16(22-24-17)14-13-7-19-15(18)11-6-10(3)4-5-12(11)23(13)8-20-14/h4-6,8-9H,7H2,1-3H3. The van der Waals surface area contributed by atoms with E-state index in [1.165, 1.54) is 0 Å². The lowest BCUT2D eigenvalue weighted by Crippen LogP contribution is -2.02. The number of nitrogens with zero attached hydrogens (tertiary/aromatic N) is 5. The Labute approximate surface area is 144 Å². The lowest BCUT2D eigenvalue weighted by molar-refractivity contribution is 0.365. The highest BCUT2D eigenvalue weighted by atomic mass is 35.5. The van der Waals surface area contributed by atoms with Gasteiger partial charge < -0.3 is 4.52 Å². The van der Waals surface area contributed by atoms with Crippen LogP contribution in [-0.4, -0.2) is 24.9 Å². The van der Waals surface area contributed by atoms with Gasteiger partial charge in [0.25, 0.3) is 0 Å². The Morgan fingerprint density at radius 1 is 1.29 bits per heavy atom. The quantitative estimate of drug-likeness (QED) is 0.709. The lowest BCUT2D eigenvalue weighted by Gasteiger charge is -2.09. The van der Waals surface area contributed by atoms with Gasteiger partial charge in [0, 0.05) is 11.5 Å². The maximum absolute atomic E-state index is 6.38. The van der Waals surface area contributed by atoms with E-state index >= 15 is 0 Å². The van der Waals surface area contributed by atoms with E-state index in [0.29, 0.717) is 29.1 Å². The van der Waals surface area contributed by atoms with E-state index in [0.717, 1.165) is 22.5 Å². The molecule has 3 heterocycles. The summed E-state index contributed by atoms with van der Waals surface area (Å²) in [5.41, 5.74) is 4.55. The number of benzene rings is 1. The van der Waals surface area contributed by atoms with Crippen LogP contribution < -0.4 is 0 Å². The van der Waals surface area contributed by atoms with Crippen molar-refractivity contribution >= 4 is 16.8 Å². The topological polar surface area (TPSA) is 69.1 Å². The molecule has 0 atom stereocenters. The van der Waals surface area contributed by atoms with Crippen LogP contribution in [0.3, 0.4) is 0 Å². The zero-order valence-corrected chi connectivity index (χ0v) is 14.4. The predicted octanol–water partition coefficient (Wildman–Crippen LogP) is 3.85. The summed E-state index contributed by atoms with van der Waals surface area (Å²) >= 11 is 6.38. The Kier molecular flexibility index (Phi) is 3.49. The Bertz CT molecular complexity index is 954. The SMILES string of the molecule is Cc1ccc2c(c1)C(Cl)=NCc1c(-c3noc(C(C)C)n3)ncn1-2. The molecule has 0 unspecified atom stereocenters. The molecule has 7 heteroatoms. The van der Waals surface area contributed by atoms with Crippen molar-refractivity contribution in [2.45, 2.75) is 33.2 Å². The Balaban J connectivity index is 1.88. The summed E-state index contributed by atoms with van der Waals surface area (Å²) in [6, 6.07) is 6.10. The molecule has 0 radical (unpaired) electrons. The molecular formula is C17H16ClN5O. The van der Waals surface area contributed by atoms with E-state index in [4.69, 9.17) is 16.1 Å². The monoisotopic (exact) mass is 341 g/mol. The van der Waals surface area contributed by atoms with Crippen LogP contribution in [0.2, 0.25) is 0 Å². The minimum Gasteiger partial charge on any atom is -0.339 e. The van der Waals surface area contributed by atoms with Crippen molar-refractivity contribution in [3.8, 4) is 17.2 Å². The van der Waals surface area contributed by atoms with Crippen molar-refractivity contribution in [3.63, 3.8) is 0 Å². The van der Waals surface area contributed by atoms with E-state index in [1.807, 2.05) is 43.5 Å². The second-order valence-corrected chi connectivity index (χ2v) is 6.51. The van der Waals surface area contributed by atoms with Crippen molar-refractivity contribution in [3.05, 3.63) is 47.2 Å². The van der Waals surface area contributed by atoms with Crippen LogP contribution in [0.15, 0.2) is 34.0 Å². The van der Waals surface area contributed by atoms with E-state index in [-0.39, 0.29) is 5.92 Å². The number of hydrogen-bond acceptors (Lipinski definition) is 5. The number of aromatic nitrogens is 4. The van der Waals surface area contributed by atoms with Gasteiger partial charge in [0.15, 0.2) is 0 Å². The summed E-state index contributed by atoms with van der Waals surface area (Å²) in [5.74, 6) is 1.25. The van der Waals surface area contributed by atoms with Gasteiger partial charge in [-0.2, -0.15) is 4.98 Å². The molecular weight excluding hydrogens is 326 g/mol. The third kappa shape index (κ3) is 2.34. The van der Waals surface area contributed by atoms with Gasteiger partial charge in [-0.15, -0.1) is 0 Å². The Morgan fingerprint density at radius 2 is 2.12 bits per heavy atom. The molecule has 2 aromatic heterocycles. The average Bonchev–Trinajstić information content (AvgIpc) is 3.16. The molecule has 0 saturated heterocycles. The predicted molar refractivity (Wildman–Crippen MR) is 91.8 cm³/mol. The maximum atomic E-state index is 6.38. The largest absolute Gasteiger partial charge is 0.339 e. The molecule has 0 fully saturated rings. The highest BCUT2D eigenvalue weighted by Crippen LogP contribution is 2.30. The molecule has 0 N–H and O–H groups in total. The van der Waals surface area contributed by atoms with Gasteiger partial charge in [0.05, 0.1) is 17.9 Å². The second-order valence-electron chi connectivity index (χ2n) is 6.15. The van der Waals surface area contributed by atoms with Crippen LogP contribution in [0.1, 0.15) is 42.5 Å². The van der Waals surface area contributed by atoms with Crippen molar-refractivity contribution in [2.24, 2.45) is 4.99 Å². The zero-order chi connectivity index (χ0) is 16.8. The lowest BCUT2D eigenvalue weighted by atomic mass is 10.1. The van der Waals surface area contributed by atoms with Crippen molar-refractivity contribution in [1.82, 2.24) is 19.7 Å². The summed E-state index contributed by atoms with van der Waals surface area (Å²) in [5, 5.41) is 4.56. The first-order chi connectivity index (χ1) is 11.5. The summed E-state index contributed by atoms with van der Waals surface area (Å²) in [6.45, 7) is 6.46. The number of halogens is 1. The van der Waals surface area contributed by atoms with E-state index in [2.05, 4.69) is 20.1 Å². The first-order valence-electron chi connectivity index (χ1n) is 7.76. The summed E-state index contributed by atoms with van der Waals surface area (Å²) in [4.78, 5) is 13.4. The zero-order valence-electron chi connectivity index (χ0n) is 13.6. The normalized spacial score (nSPS) is 13.5. The number of aryl methyl sites for hydroxylation is 1. The minimum absolute atomic E-state index is 0.170. The smallest absolute Gasteiger partial charge is 0.229 e. The number of fused-ring (bicyclic) bond motifs is 3. The molecule has 24 heavy (non-hydrogen) atoms. The summed E-state index contributed by atoms with van der Waals surface area (Å²) < 4.78 is 7.30. The average molecular weight is 342 g/mol. The Hall–Kier alpha value is -2.47. The van der Waals surface area contributed by atoms with Crippen molar-refractivity contribution < 1.29 is 4.52 Å². The van der Waals surface area contributed by atoms with Gasteiger partial charge in [-0.05, 0) is 19.1 Å². The van der Waals surface area contributed by atoms with Gasteiger partial charge in [-0.25, -0.2) is 4.98 Å². The number of rotatable bonds is 2. The van der Waals surface area contributed by atoms with Crippen LogP contribution in [0.4, 0.5) is 0 Å². The number of imidazole rings is 1. The first kappa shape index (κ1) is 15.1. The molecule has 0 aliphatic carbocycles. The van der Waals surface area contributed by atoms with Crippen molar-refractivity contribution in [1.29, 1.82) is 0 Å². The van der Waals surface area contributed by atoms with Gasteiger partial charge in [0.1, 0.15) is 17.2 Å². The fourth-order valence-corrected chi connectivity index (χ4v) is 2.95. The van der Waals surface area contributed by atoms with Gasteiger partial charge in [-0.1, -0.05) is 42.2 Å². The molecule has 1 aliphatic heterocycles. The third-order valence-corrected chi connectivity index (χ3v) is 4.34. The molecule has 1 aliphatic rings. The van der Waals surface area contributed by atoms with Crippen LogP contribution in [0, 0.1) is 6.92 Å². The van der Waals surface area contributed by atoms with E-state index in [9.17, 15) is 0 Å². The molecule has 4 rings (SSSR count). The molecule has 1 aromatic carbocycles. The minimum atomic E-state index is 0.170. The fourth-order valence-electron chi connectivity index (χ4n) is 2.74. The number of aliphatic imine (C=N–C) groups is 1. The third-order valence-electron chi connectivity index (χ3n) is 4.02. The molecule has 0 spiro atoms. The number of hydrogen-bond donors (Lipinski definition) is 0. The molecule has 0 bridgehead atoms. The van der Waals surface area contributed by atoms with Gasteiger partial charge in [-0.3, -0.25) is 9.56 Å². The maximum Gasteiger partial charge on any atom is 0.229 e. The Morgan fingerprint density at radius 3 is 2.88 bits per heavy atom. The highest BCUT2D eigenvalue weighted by Gasteiger charge is 2.23. The fraction of sp³-hybridized carbons (Fsp3) is 0.294. The molecule has 0 saturated carbocycles. The highest BCUT2D eigenvalue weighted by molar-refractivity contribution is 6.70. The van der Waals surface area contributed by atoms with Gasteiger partial charge in [0.2, 0.25) is 11.7 Å². The molecule has 6 nitrogen and oxygen atoms in total. The van der Waals surface area contributed by atoms with E-state index < -0.39 is 0 Å².